The highest BCUT2D eigenvalue weighted by atomic mass is 32.1. The van der Waals surface area contributed by atoms with Gasteiger partial charge < -0.3 is 16.0 Å². The van der Waals surface area contributed by atoms with E-state index in [-0.39, 0.29) is 0 Å². The normalized spacial score (nSPS) is 19.1. The van der Waals surface area contributed by atoms with Gasteiger partial charge in [0.15, 0.2) is 0 Å². The number of anilines is 1. The van der Waals surface area contributed by atoms with E-state index in [1.165, 1.54) is 12.8 Å². The first-order valence-corrected chi connectivity index (χ1v) is 6.95. The maximum atomic E-state index is 5.57. The number of thiocarbonyl (C=S) groups is 1. The Bertz CT molecular complexity index is 454. The van der Waals surface area contributed by atoms with Crippen LogP contribution in [0.2, 0.25) is 0 Å². The fourth-order valence-electron chi connectivity index (χ4n) is 2.21. The predicted molar refractivity (Wildman–Crippen MR) is 81.2 cm³/mol. The van der Waals surface area contributed by atoms with E-state index in [0.29, 0.717) is 22.0 Å². The summed E-state index contributed by atoms with van der Waals surface area (Å²) in [5.41, 5.74) is 6.48. The van der Waals surface area contributed by atoms with Crippen molar-refractivity contribution >= 4 is 23.2 Å². The van der Waals surface area contributed by atoms with Gasteiger partial charge in [-0.25, -0.2) is 9.97 Å². The first kappa shape index (κ1) is 14.1. The first-order valence-electron chi connectivity index (χ1n) is 6.54. The standard InChI is InChI=1S/C13H21N5S/c1-13(4-7-18(2)8-5-13)9-16-12-15-6-3-10(17-12)11(14)19/h3,6H,4-5,7-9H2,1-2H3,(H2,14,19)(H,15,16,17). The highest BCUT2D eigenvalue weighted by molar-refractivity contribution is 7.80. The molecule has 19 heavy (non-hydrogen) atoms. The molecule has 0 spiro atoms. The lowest BCUT2D eigenvalue weighted by Crippen LogP contribution is -2.40. The van der Waals surface area contributed by atoms with Crippen LogP contribution in [0.1, 0.15) is 25.5 Å². The molecule has 0 bridgehead atoms. The van der Waals surface area contributed by atoms with E-state index in [9.17, 15) is 0 Å². The van der Waals surface area contributed by atoms with Crippen LogP contribution in [0, 0.1) is 5.41 Å². The highest BCUT2D eigenvalue weighted by Crippen LogP contribution is 2.30. The molecule has 1 fully saturated rings. The number of nitrogens with two attached hydrogens (primary N) is 1. The van der Waals surface area contributed by atoms with Gasteiger partial charge in [-0.2, -0.15) is 0 Å². The molecule has 0 aliphatic carbocycles. The van der Waals surface area contributed by atoms with E-state index in [0.717, 1.165) is 19.6 Å². The van der Waals surface area contributed by atoms with E-state index in [1.807, 2.05) is 0 Å². The van der Waals surface area contributed by atoms with Crippen LogP contribution >= 0.6 is 12.2 Å². The number of piperidine rings is 1. The van der Waals surface area contributed by atoms with Crippen LogP contribution in [-0.2, 0) is 0 Å². The lowest BCUT2D eigenvalue weighted by molar-refractivity contribution is 0.150. The van der Waals surface area contributed by atoms with Crippen molar-refractivity contribution in [2.75, 3.05) is 32.0 Å². The molecule has 5 nitrogen and oxygen atoms in total. The topological polar surface area (TPSA) is 67.1 Å². The van der Waals surface area contributed by atoms with Crippen LogP contribution in [0.15, 0.2) is 12.3 Å². The Hall–Kier alpha value is -1.27. The zero-order valence-electron chi connectivity index (χ0n) is 11.5. The molecule has 1 aliphatic rings. The molecule has 0 radical (unpaired) electrons. The molecular formula is C13H21N5S. The summed E-state index contributed by atoms with van der Waals surface area (Å²) in [5.74, 6) is 0.602. The minimum atomic E-state index is 0.301. The Morgan fingerprint density at radius 1 is 1.53 bits per heavy atom. The molecule has 104 valence electrons. The van der Waals surface area contributed by atoms with E-state index < -0.39 is 0 Å². The van der Waals surface area contributed by atoms with Gasteiger partial charge in [-0.15, -0.1) is 0 Å². The number of hydrogen-bond acceptors (Lipinski definition) is 5. The van der Waals surface area contributed by atoms with Crippen LogP contribution in [0.4, 0.5) is 5.95 Å². The van der Waals surface area contributed by atoms with Crippen molar-refractivity contribution in [2.45, 2.75) is 19.8 Å². The lowest BCUT2D eigenvalue weighted by atomic mass is 9.80. The molecule has 2 heterocycles. The quantitative estimate of drug-likeness (QED) is 0.809. The van der Waals surface area contributed by atoms with Crippen molar-refractivity contribution in [3.63, 3.8) is 0 Å². The number of aromatic nitrogens is 2. The smallest absolute Gasteiger partial charge is 0.223 e. The van der Waals surface area contributed by atoms with Crippen LogP contribution in [0.25, 0.3) is 0 Å². The Morgan fingerprint density at radius 2 is 2.21 bits per heavy atom. The van der Waals surface area contributed by atoms with E-state index in [1.54, 1.807) is 12.3 Å². The molecule has 1 saturated heterocycles. The third-order valence-corrected chi connectivity index (χ3v) is 3.98. The Morgan fingerprint density at radius 3 is 2.84 bits per heavy atom. The molecular weight excluding hydrogens is 258 g/mol. The fourth-order valence-corrected chi connectivity index (χ4v) is 2.32. The molecule has 1 aromatic rings. The molecule has 0 aromatic carbocycles. The summed E-state index contributed by atoms with van der Waals surface area (Å²) in [7, 11) is 2.17. The van der Waals surface area contributed by atoms with Crippen LogP contribution < -0.4 is 11.1 Å². The van der Waals surface area contributed by atoms with Gasteiger partial charge in [0.1, 0.15) is 10.7 Å². The average molecular weight is 279 g/mol. The molecule has 6 heteroatoms. The Labute approximate surface area is 119 Å². The van der Waals surface area contributed by atoms with Gasteiger partial charge in [-0.3, -0.25) is 0 Å². The second-order valence-electron chi connectivity index (χ2n) is 5.60. The summed E-state index contributed by atoms with van der Waals surface area (Å²) in [6, 6.07) is 1.73. The lowest BCUT2D eigenvalue weighted by Gasteiger charge is -2.37. The van der Waals surface area contributed by atoms with Gasteiger partial charge in [0, 0.05) is 12.7 Å². The van der Waals surface area contributed by atoms with Crippen molar-refractivity contribution in [3.8, 4) is 0 Å². The summed E-state index contributed by atoms with van der Waals surface area (Å²) < 4.78 is 0. The molecule has 0 unspecified atom stereocenters. The van der Waals surface area contributed by atoms with Gasteiger partial charge in [0.05, 0.1) is 0 Å². The van der Waals surface area contributed by atoms with Gasteiger partial charge in [-0.1, -0.05) is 19.1 Å². The number of rotatable bonds is 4. The van der Waals surface area contributed by atoms with Crippen molar-refractivity contribution in [1.82, 2.24) is 14.9 Å². The minimum absolute atomic E-state index is 0.301. The molecule has 0 amide bonds. The molecule has 0 atom stereocenters. The molecule has 2 rings (SSSR count). The zero-order chi connectivity index (χ0) is 13.9. The summed E-state index contributed by atoms with van der Waals surface area (Å²) >= 11 is 4.92. The van der Waals surface area contributed by atoms with Crippen molar-refractivity contribution < 1.29 is 0 Å². The predicted octanol–water partition coefficient (Wildman–Crippen LogP) is 1.25. The summed E-state index contributed by atoms with van der Waals surface area (Å²) in [6.07, 6.45) is 4.05. The van der Waals surface area contributed by atoms with Crippen LogP contribution in [0.5, 0.6) is 0 Å². The SMILES string of the molecule is CN1CCC(C)(CNc2nccc(C(N)=S)n2)CC1. The molecule has 1 aromatic heterocycles. The van der Waals surface area contributed by atoms with Gasteiger partial charge in [0.25, 0.3) is 0 Å². The second kappa shape index (κ2) is 5.79. The molecule has 0 saturated carbocycles. The third kappa shape index (κ3) is 3.84. The van der Waals surface area contributed by atoms with Crippen molar-refractivity contribution in [1.29, 1.82) is 0 Å². The Kier molecular flexibility index (Phi) is 4.31. The Balaban J connectivity index is 1.95. The summed E-state index contributed by atoms with van der Waals surface area (Å²) in [4.78, 5) is 11.2. The van der Waals surface area contributed by atoms with Crippen LogP contribution in [-0.4, -0.2) is 46.5 Å². The average Bonchev–Trinajstić information content (AvgIpc) is 2.41. The minimum Gasteiger partial charge on any atom is -0.388 e. The first-order chi connectivity index (χ1) is 8.98. The summed E-state index contributed by atoms with van der Waals surface area (Å²) in [5, 5.41) is 3.31. The fraction of sp³-hybridized carbons (Fsp3) is 0.615. The zero-order valence-corrected chi connectivity index (χ0v) is 12.3. The van der Waals surface area contributed by atoms with Crippen molar-refractivity contribution in [3.05, 3.63) is 18.0 Å². The van der Waals surface area contributed by atoms with Crippen molar-refractivity contribution in [2.24, 2.45) is 11.1 Å². The largest absolute Gasteiger partial charge is 0.388 e. The van der Waals surface area contributed by atoms with Gasteiger partial charge in [-0.05, 0) is 44.5 Å². The third-order valence-electron chi connectivity index (χ3n) is 3.78. The van der Waals surface area contributed by atoms with E-state index >= 15 is 0 Å². The monoisotopic (exact) mass is 279 g/mol. The van der Waals surface area contributed by atoms with Gasteiger partial charge >= 0.3 is 0 Å². The highest BCUT2D eigenvalue weighted by Gasteiger charge is 2.28. The van der Waals surface area contributed by atoms with E-state index in [4.69, 9.17) is 18.0 Å². The number of likely N-dealkylation sites (tertiary alicyclic amines) is 1. The number of nitrogens with zero attached hydrogens (tertiary/aromatic N) is 3. The molecule has 1 aliphatic heterocycles. The number of nitrogens with one attached hydrogen (secondary N) is 1. The molecule has 3 N–H and O–H groups in total. The van der Waals surface area contributed by atoms with E-state index in [2.05, 4.69) is 34.2 Å². The summed E-state index contributed by atoms with van der Waals surface area (Å²) in [6.45, 7) is 5.48. The maximum absolute atomic E-state index is 5.57. The number of hydrogen-bond donors (Lipinski definition) is 2. The van der Waals surface area contributed by atoms with Gasteiger partial charge in [0.2, 0.25) is 5.95 Å². The second-order valence-corrected chi connectivity index (χ2v) is 6.04. The maximum Gasteiger partial charge on any atom is 0.223 e. The van der Waals surface area contributed by atoms with Crippen LogP contribution in [0.3, 0.4) is 0 Å².